The molecule has 2 aliphatic rings. The lowest BCUT2D eigenvalue weighted by Crippen LogP contribution is -2.37. The molecule has 0 aromatic heterocycles. The van der Waals surface area contributed by atoms with Gasteiger partial charge in [-0.1, -0.05) is 6.92 Å². The fraction of sp³-hybridized carbons (Fsp3) is 1.00. The Morgan fingerprint density at radius 1 is 1.05 bits per heavy atom. The van der Waals surface area contributed by atoms with Gasteiger partial charge in [0.25, 0.3) is 0 Å². The lowest BCUT2D eigenvalue weighted by atomic mass is 9.89. The van der Waals surface area contributed by atoms with E-state index in [1.54, 1.807) is 0 Å². The number of aliphatic hydroxyl groups excluding tert-OH is 3. The van der Waals surface area contributed by atoms with Crippen LogP contribution in [-0.4, -0.2) is 93.5 Å². The van der Waals surface area contributed by atoms with Crippen molar-refractivity contribution in [3.63, 3.8) is 0 Å². The molecular weight excluding hydrogens is 278 g/mol. The van der Waals surface area contributed by atoms with Gasteiger partial charge in [-0.3, -0.25) is 0 Å². The molecule has 4 radical (unpaired) electrons. The highest BCUT2D eigenvalue weighted by Gasteiger charge is 2.42. The van der Waals surface area contributed by atoms with Crippen LogP contribution < -0.4 is 0 Å². The third-order valence-corrected chi connectivity index (χ3v) is 3.97. The van der Waals surface area contributed by atoms with E-state index < -0.39 is 36.4 Å². The molecule has 2 saturated heterocycles. The van der Waals surface area contributed by atoms with E-state index in [4.69, 9.17) is 39.7 Å². The first-order chi connectivity index (χ1) is 9.95. The summed E-state index contributed by atoms with van der Waals surface area (Å²) in [4.78, 5) is 0. The zero-order chi connectivity index (χ0) is 15.6. The Kier molecular flexibility index (Phi) is 6.07. The van der Waals surface area contributed by atoms with Crippen molar-refractivity contribution in [1.29, 1.82) is 0 Å². The average Bonchev–Trinajstić information content (AvgIpc) is 2.88. The normalized spacial score (nSPS) is 47.0. The van der Waals surface area contributed by atoms with Crippen molar-refractivity contribution in [3.05, 3.63) is 0 Å². The van der Waals surface area contributed by atoms with Crippen molar-refractivity contribution in [1.82, 2.24) is 0 Å². The first kappa shape index (κ1) is 17.2. The maximum absolute atomic E-state index is 9.77. The summed E-state index contributed by atoms with van der Waals surface area (Å²) in [5.74, 6) is -0.140. The van der Waals surface area contributed by atoms with Crippen LogP contribution in [0.5, 0.6) is 0 Å². The monoisotopic (exact) mass is 298 g/mol. The minimum atomic E-state index is -1.03. The summed E-state index contributed by atoms with van der Waals surface area (Å²) in [5.41, 5.74) is 0. The van der Waals surface area contributed by atoms with Gasteiger partial charge in [-0.2, -0.15) is 0 Å². The zero-order valence-corrected chi connectivity index (χ0v) is 11.9. The molecule has 2 heterocycles. The Hall–Kier alpha value is -0.150. The van der Waals surface area contributed by atoms with E-state index in [2.05, 4.69) is 0 Å². The number of rotatable bonds is 6. The highest BCUT2D eigenvalue weighted by Crippen LogP contribution is 2.26. The second-order valence-electron chi connectivity index (χ2n) is 5.42. The minimum Gasteiger partial charge on any atom is -0.394 e. The third-order valence-electron chi connectivity index (χ3n) is 3.97. The van der Waals surface area contributed by atoms with Crippen LogP contribution in [0.25, 0.3) is 0 Å². The summed E-state index contributed by atoms with van der Waals surface area (Å²) in [6, 6.07) is -1.60. The molecule has 0 aromatic carbocycles. The first-order valence-electron chi connectivity index (χ1n) is 6.94. The van der Waals surface area contributed by atoms with Crippen LogP contribution in [0.1, 0.15) is 6.92 Å². The molecular formula is C12H20B2O7. The Balaban J connectivity index is 1.70. The van der Waals surface area contributed by atoms with Crippen LogP contribution in [0, 0.1) is 5.92 Å². The topological polar surface area (TPSA) is 97.6 Å². The van der Waals surface area contributed by atoms with Gasteiger partial charge < -0.3 is 34.3 Å². The molecule has 8 atom stereocenters. The van der Waals surface area contributed by atoms with Crippen LogP contribution >= 0.6 is 0 Å². The molecule has 0 bridgehead atoms. The smallest absolute Gasteiger partial charge is 0.147 e. The fourth-order valence-corrected chi connectivity index (χ4v) is 2.53. The molecule has 2 rings (SSSR count). The molecule has 2 unspecified atom stereocenters. The molecule has 0 aliphatic carbocycles. The van der Waals surface area contributed by atoms with Crippen LogP contribution in [0.4, 0.5) is 0 Å². The van der Waals surface area contributed by atoms with E-state index >= 15 is 0 Å². The van der Waals surface area contributed by atoms with Crippen molar-refractivity contribution in [2.45, 2.75) is 49.5 Å². The summed E-state index contributed by atoms with van der Waals surface area (Å²) < 4.78 is 21.2. The van der Waals surface area contributed by atoms with Gasteiger partial charge in [0, 0.05) is 17.9 Å². The second kappa shape index (κ2) is 7.41. The van der Waals surface area contributed by atoms with Crippen LogP contribution in [0.3, 0.4) is 0 Å². The molecule has 2 fully saturated rings. The van der Waals surface area contributed by atoms with Crippen molar-refractivity contribution in [2.24, 2.45) is 5.92 Å². The van der Waals surface area contributed by atoms with Gasteiger partial charge in [-0.25, -0.2) is 0 Å². The number of hydrogen-bond donors (Lipinski definition) is 3. The quantitative estimate of drug-likeness (QED) is 0.283. The van der Waals surface area contributed by atoms with Gasteiger partial charge in [0.05, 0.1) is 25.4 Å². The largest absolute Gasteiger partial charge is 0.394 e. The maximum Gasteiger partial charge on any atom is 0.147 e. The van der Waals surface area contributed by atoms with E-state index in [-0.39, 0.29) is 32.0 Å². The van der Waals surface area contributed by atoms with Crippen molar-refractivity contribution < 1.29 is 34.3 Å². The predicted octanol–water partition coefficient (Wildman–Crippen LogP) is -2.52. The number of ether oxygens (including phenoxy) is 4. The zero-order valence-electron chi connectivity index (χ0n) is 11.9. The minimum absolute atomic E-state index is 0.119. The van der Waals surface area contributed by atoms with E-state index in [1.807, 2.05) is 6.92 Å². The third kappa shape index (κ3) is 3.79. The summed E-state index contributed by atoms with van der Waals surface area (Å²) >= 11 is 0. The standard InChI is InChI=1S/C12H20B2O7/c1-5-7(21-11(13)8(5)16)3-18-4-19-10-6(2-15)20-12(14)9(10)17/h5-12,15-17H,2-4H2,1H3/t5?,6-,7-,8+,9+,10?,11-,12-/m1/s1. The van der Waals surface area contributed by atoms with Crippen molar-refractivity contribution in [3.8, 4) is 0 Å². The Morgan fingerprint density at radius 3 is 2.24 bits per heavy atom. The van der Waals surface area contributed by atoms with E-state index in [1.165, 1.54) is 0 Å². The summed E-state index contributed by atoms with van der Waals surface area (Å²) in [7, 11) is 11.1. The number of aliphatic hydroxyl groups is 3. The molecule has 0 spiro atoms. The molecule has 0 amide bonds. The Morgan fingerprint density at radius 2 is 1.67 bits per heavy atom. The lowest BCUT2D eigenvalue weighted by Gasteiger charge is -2.21. The highest BCUT2D eigenvalue weighted by atomic mass is 16.7. The maximum atomic E-state index is 9.77. The van der Waals surface area contributed by atoms with E-state index in [9.17, 15) is 10.2 Å². The van der Waals surface area contributed by atoms with E-state index in [0.29, 0.717) is 0 Å². The van der Waals surface area contributed by atoms with Crippen molar-refractivity contribution >= 4 is 15.7 Å². The van der Waals surface area contributed by atoms with Crippen molar-refractivity contribution in [2.75, 3.05) is 20.0 Å². The lowest BCUT2D eigenvalue weighted by molar-refractivity contribution is -0.145. The molecule has 9 heteroatoms. The molecule has 7 nitrogen and oxygen atoms in total. The summed E-state index contributed by atoms with van der Waals surface area (Å²) in [6.07, 6.45) is -3.50. The van der Waals surface area contributed by atoms with Gasteiger partial charge in [0.2, 0.25) is 0 Å². The SMILES string of the molecule is [B][C@@H]1O[C@H](COCOC2[C@@H](CO)O[C@@H]([B])[C@H]2O)C(C)[C@@H]1O. The summed E-state index contributed by atoms with van der Waals surface area (Å²) in [5, 5.41) is 28.6. The molecule has 0 saturated carbocycles. The van der Waals surface area contributed by atoms with Gasteiger partial charge in [-0.15, -0.1) is 0 Å². The summed E-state index contributed by atoms with van der Waals surface area (Å²) in [6.45, 7) is 1.60. The Labute approximate surface area is 126 Å². The molecule has 116 valence electrons. The van der Waals surface area contributed by atoms with Gasteiger partial charge in [0.1, 0.15) is 40.8 Å². The van der Waals surface area contributed by atoms with E-state index in [0.717, 1.165) is 0 Å². The predicted molar refractivity (Wildman–Crippen MR) is 72.8 cm³/mol. The second-order valence-corrected chi connectivity index (χ2v) is 5.42. The highest BCUT2D eigenvalue weighted by molar-refractivity contribution is 6.11. The van der Waals surface area contributed by atoms with Gasteiger partial charge in [0.15, 0.2) is 0 Å². The fourth-order valence-electron chi connectivity index (χ4n) is 2.53. The van der Waals surface area contributed by atoms with Crippen LogP contribution in [0.15, 0.2) is 0 Å². The molecule has 2 aliphatic heterocycles. The molecule has 21 heavy (non-hydrogen) atoms. The molecule has 3 N–H and O–H groups in total. The first-order valence-corrected chi connectivity index (χ1v) is 6.94. The Bertz CT molecular complexity index is 335. The number of hydrogen-bond acceptors (Lipinski definition) is 7. The van der Waals surface area contributed by atoms with Crippen LogP contribution in [0.2, 0.25) is 0 Å². The van der Waals surface area contributed by atoms with Gasteiger partial charge in [-0.05, 0) is 0 Å². The van der Waals surface area contributed by atoms with Crippen LogP contribution in [-0.2, 0) is 18.9 Å². The molecule has 0 aromatic rings. The average molecular weight is 298 g/mol. The van der Waals surface area contributed by atoms with Gasteiger partial charge >= 0.3 is 0 Å².